The lowest BCUT2D eigenvalue weighted by Gasteiger charge is -2.15. The number of hydrogen-bond acceptors (Lipinski definition) is 6. The molecule has 1 aliphatic rings. The van der Waals surface area contributed by atoms with Gasteiger partial charge in [0.2, 0.25) is 5.91 Å². The number of amides is 1. The van der Waals surface area contributed by atoms with Gasteiger partial charge >= 0.3 is 0 Å². The quantitative estimate of drug-likeness (QED) is 0.222. The molecule has 7 nitrogen and oxygen atoms in total. The van der Waals surface area contributed by atoms with E-state index in [1.165, 1.54) is 0 Å². The lowest BCUT2D eigenvalue weighted by Crippen LogP contribution is -2.22. The molecule has 1 N–H and O–H groups in total. The first-order valence-corrected chi connectivity index (χ1v) is 16.3. The van der Waals surface area contributed by atoms with Crippen molar-refractivity contribution >= 4 is 52.4 Å². The van der Waals surface area contributed by atoms with Gasteiger partial charge in [0.05, 0.1) is 23.2 Å². The molecule has 0 radical (unpaired) electrons. The number of alkyl halides is 1. The van der Waals surface area contributed by atoms with Crippen LogP contribution in [0.25, 0.3) is 32.4 Å². The minimum Gasteiger partial charge on any atom is -0.494 e. The van der Waals surface area contributed by atoms with Crippen molar-refractivity contribution in [3.8, 4) is 16.9 Å². The summed E-state index contributed by atoms with van der Waals surface area (Å²) in [6.45, 7) is 7.97. The smallest absolute Gasteiger partial charge is 0.231 e. The van der Waals surface area contributed by atoms with E-state index >= 15 is 0 Å². The summed E-state index contributed by atoms with van der Waals surface area (Å²) in [5.74, 6) is 0.206. The number of halogens is 1. The molecule has 4 aromatic rings. The lowest BCUT2D eigenvalue weighted by molar-refractivity contribution is -0.117. The van der Waals surface area contributed by atoms with E-state index in [0.29, 0.717) is 30.6 Å². The molecule has 1 amide bonds. The summed E-state index contributed by atoms with van der Waals surface area (Å²) in [7, 11) is 0.434. The maximum Gasteiger partial charge on any atom is 0.231 e. The maximum absolute atomic E-state index is 13.3. The third-order valence-electron chi connectivity index (χ3n) is 6.20. The van der Waals surface area contributed by atoms with Crippen LogP contribution >= 0.6 is 11.3 Å². The maximum atomic E-state index is 13.3. The fourth-order valence-corrected chi connectivity index (χ4v) is 5.50. The van der Waals surface area contributed by atoms with Gasteiger partial charge in [0.15, 0.2) is 5.75 Å². The van der Waals surface area contributed by atoms with Crippen molar-refractivity contribution in [1.82, 2.24) is 14.5 Å². The standard InChI is InChI=1S/C25H29FN4O3SSi/c1-32-23-15(5-7-20-22(23)27-13-34-20)18-12-30(14-33-9-10-35(2,3)4)24-16(18)6-8-21(28-24)29-25(31)17-11-19(17)26/h5-8,12-13,17,19H,9-11,14H2,1-4H3,(H,28,29,31)/t17-,19+/m1/s1. The number of rotatable bonds is 9. The van der Waals surface area contributed by atoms with Gasteiger partial charge in [-0.2, -0.15) is 0 Å². The van der Waals surface area contributed by atoms with Crippen molar-refractivity contribution in [3.63, 3.8) is 0 Å². The Morgan fingerprint density at radius 1 is 1.26 bits per heavy atom. The molecule has 3 heterocycles. The van der Waals surface area contributed by atoms with Crippen molar-refractivity contribution < 1.29 is 18.7 Å². The van der Waals surface area contributed by atoms with E-state index in [9.17, 15) is 9.18 Å². The van der Waals surface area contributed by atoms with Crippen LogP contribution in [0.3, 0.4) is 0 Å². The summed E-state index contributed by atoms with van der Waals surface area (Å²) < 4.78 is 28.2. The predicted octanol–water partition coefficient (Wildman–Crippen LogP) is 5.93. The minimum atomic E-state index is -1.22. The van der Waals surface area contributed by atoms with Crippen LogP contribution < -0.4 is 10.1 Å². The van der Waals surface area contributed by atoms with E-state index in [1.807, 2.05) is 34.5 Å². The number of anilines is 1. The highest BCUT2D eigenvalue weighted by Gasteiger charge is 2.43. The van der Waals surface area contributed by atoms with E-state index in [-0.39, 0.29) is 12.3 Å². The average Bonchev–Trinajstić information content (AvgIpc) is 3.21. The first-order chi connectivity index (χ1) is 16.7. The van der Waals surface area contributed by atoms with Crippen molar-refractivity contribution in [2.45, 2.75) is 45.0 Å². The SMILES string of the molecule is COc1c(-c2cn(COCC[Si](C)(C)C)c3nc(NC(=O)[C@@H]4C[C@@H]4F)ccc23)ccc2scnc12. The van der Waals surface area contributed by atoms with Crippen LogP contribution in [0.1, 0.15) is 6.42 Å². The Morgan fingerprint density at radius 3 is 2.77 bits per heavy atom. The fourth-order valence-electron chi connectivity index (χ4n) is 4.07. The molecule has 1 fully saturated rings. The molecule has 35 heavy (non-hydrogen) atoms. The second-order valence-electron chi connectivity index (χ2n) is 10.1. The highest BCUT2D eigenvalue weighted by atomic mass is 32.1. The number of nitrogens with one attached hydrogen (secondary N) is 1. The molecule has 10 heteroatoms. The third kappa shape index (κ3) is 4.96. The summed E-state index contributed by atoms with van der Waals surface area (Å²) in [4.78, 5) is 21.5. The van der Waals surface area contributed by atoms with Crippen LogP contribution in [0.4, 0.5) is 10.2 Å². The zero-order valence-electron chi connectivity index (χ0n) is 20.3. The molecule has 1 aromatic carbocycles. The molecule has 0 aliphatic heterocycles. The third-order valence-corrected chi connectivity index (χ3v) is 8.70. The predicted molar refractivity (Wildman–Crippen MR) is 141 cm³/mol. The van der Waals surface area contributed by atoms with Gasteiger partial charge in [-0.25, -0.2) is 14.4 Å². The Kier molecular flexibility index (Phi) is 6.37. The number of ether oxygens (including phenoxy) is 2. The van der Waals surface area contributed by atoms with E-state index in [1.54, 1.807) is 24.5 Å². The van der Waals surface area contributed by atoms with Crippen molar-refractivity contribution in [2.75, 3.05) is 19.0 Å². The van der Waals surface area contributed by atoms with E-state index in [0.717, 1.165) is 32.8 Å². The number of aromatic nitrogens is 3. The van der Waals surface area contributed by atoms with Gasteiger partial charge in [-0.05, 0) is 36.7 Å². The summed E-state index contributed by atoms with van der Waals surface area (Å²) in [6, 6.07) is 8.83. The largest absolute Gasteiger partial charge is 0.494 e. The first-order valence-electron chi connectivity index (χ1n) is 11.7. The number of carbonyl (C=O) groups is 1. The number of thiazole rings is 1. The number of hydrogen-bond donors (Lipinski definition) is 1. The van der Waals surface area contributed by atoms with Crippen LogP contribution in [0.2, 0.25) is 25.7 Å². The molecule has 3 aromatic heterocycles. The lowest BCUT2D eigenvalue weighted by atomic mass is 10.0. The van der Waals surface area contributed by atoms with Gasteiger partial charge < -0.3 is 19.4 Å². The molecule has 1 aliphatic carbocycles. The summed E-state index contributed by atoms with van der Waals surface area (Å²) in [6.07, 6.45) is 1.23. The van der Waals surface area contributed by atoms with Crippen LogP contribution in [-0.2, 0) is 16.3 Å². The zero-order valence-corrected chi connectivity index (χ0v) is 22.1. The van der Waals surface area contributed by atoms with E-state index < -0.39 is 20.2 Å². The van der Waals surface area contributed by atoms with Crippen LogP contribution in [0.15, 0.2) is 36.0 Å². The second-order valence-corrected chi connectivity index (χ2v) is 16.6. The first kappa shape index (κ1) is 23.9. The summed E-state index contributed by atoms with van der Waals surface area (Å²) >= 11 is 1.57. The highest BCUT2D eigenvalue weighted by Crippen LogP contribution is 2.41. The average molecular weight is 513 g/mol. The van der Waals surface area contributed by atoms with Crippen LogP contribution in [-0.4, -0.2) is 48.4 Å². The molecule has 5 rings (SSSR count). The molecule has 1 saturated carbocycles. The molecule has 184 valence electrons. The number of carbonyl (C=O) groups excluding carboxylic acids is 1. The summed E-state index contributed by atoms with van der Waals surface area (Å²) in [5.41, 5.74) is 5.17. The van der Waals surface area contributed by atoms with Crippen molar-refractivity contribution in [3.05, 3.63) is 36.0 Å². The molecular weight excluding hydrogens is 483 g/mol. The second kappa shape index (κ2) is 9.33. The van der Waals surface area contributed by atoms with Gasteiger partial charge in [0.1, 0.15) is 29.9 Å². The monoisotopic (exact) mass is 512 g/mol. The number of nitrogens with zero attached hydrogens (tertiary/aromatic N) is 3. The molecule has 0 bridgehead atoms. The molecule has 0 unspecified atom stereocenters. The Morgan fingerprint density at radius 2 is 2.06 bits per heavy atom. The molecular formula is C25H29FN4O3SSi. The molecule has 0 saturated heterocycles. The minimum absolute atomic E-state index is 0.276. The van der Waals surface area contributed by atoms with Crippen LogP contribution in [0, 0.1) is 5.92 Å². The number of benzene rings is 1. The highest BCUT2D eigenvalue weighted by molar-refractivity contribution is 7.16. The Bertz CT molecular complexity index is 1400. The number of methoxy groups -OCH3 is 1. The molecule has 0 spiro atoms. The van der Waals surface area contributed by atoms with Crippen molar-refractivity contribution in [1.29, 1.82) is 0 Å². The Hall–Kier alpha value is -2.82. The van der Waals surface area contributed by atoms with Gasteiger partial charge in [-0.3, -0.25) is 4.79 Å². The van der Waals surface area contributed by atoms with E-state index in [4.69, 9.17) is 14.5 Å². The van der Waals surface area contributed by atoms with Crippen LogP contribution in [0.5, 0.6) is 5.75 Å². The Balaban J connectivity index is 1.53. The van der Waals surface area contributed by atoms with Gasteiger partial charge in [0, 0.05) is 37.4 Å². The van der Waals surface area contributed by atoms with Crippen molar-refractivity contribution in [2.24, 2.45) is 5.92 Å². The topological polar surface area (TPSA) is 78.3 Å². The van der Waals surface area contributed by atoms with E-state index in [2.05, 4.69) is 29.9 Å². The Labute approximate surface area is 208 Å². The number of fused-ring (bicyclic) bond motifs is 2. The zero-order chi connectivity index (χ0) is 24.7. The normalized spacial score (nSPS) is 17.7. The van der Waals surface area contributed by atoms with Gasteiger partial charge in [0.25, 0.3) is 0 Å². The van der Waals surface area contributed by atoms with Gasteiger partial charge in [-0.15, -0.1) is 11.3 Å². The number of pyridine rings is 1. The summed E-state index contributed by atoms with van der Waals surface area (Å²) in [5, 5.41) is 3.66. The molecule has 2 atom stereocenters. The fraction of sp³-hybridized carbons (Fsp3) is 0.400. The van der Waals surface area contributed by atoms with Gasteiger partial charge in [-0.1, -0.05) is 19.6 Å².